The van der Waals surface area contributed by atoms with Crippen LogP contribution in [0.15, 0.2) is 18.3 Å². The maximum atomic E-state index is 10.7. The lowest BCUT2D eigenvalue weighted by Crippen LogP contribution is -2.51. The Kier molecular flexibility index (Phi) is 4.79. The molecular weight excluding hydrogens is 299 g/mol. The van der Waals surface area contributed by atoms with Gasteiger partial charge < -0.3 is 29.6 Å². The van der Waals surface area contributed by atoms with Crippen molar-refractivity contribution in [3.05, 3.63) is 28.4 Å². The molecule has 0 unspecified atom stereocenters. The molecule has 3 rings (SSSR count). The molecule has 1 saturated heterocycles. The zero-order valence-corrected chi connectivity index (χ0v) is 13.2. The van der Waals surface area contributed by atoms with Gasteiger partial charge in [0, 0.05) is 31.7 Å². The van der Waals surface area contributed by atoms with Gasteiger partial charge in [-0.15, -0.1) is 0 Å². The Labute approximate surface area is 135 Å². The van der Waals surface area contributed by atoms with Gasteiger partial charge in [0.05, 0.1) is 18.4 Å². The second kappa shape index (κ2) is 6.82. The third-order valence-electron chi connectivity index (χ3n) is 4.33. The van der Waals surface area contributed by atoms with Gasteiger partial charge in [0.2, 0.25) is 0 Å². The lowest BCUT2D eigenvalue weighted by Gasteiger charge is -2.37. The summed E-state index contributed by atoms with van der Waals surface area (Å²) in [5.41, 5.74) is 0.860. The lowest BCUT2D eigenvalue weighted by atomic mass is 9.84. The third kappa shape index (κ3) is 3.98. The Hall–Kier alpha value is -1.71. The van der Waals surface area contributed by atoms with Crippen molar-refractivity contribution in [2.75, 3.05) is 31.1 Å². The van der Waals surface area contributed by atoms with E-state index in [1.165, 1.54) is 12.3 Å². The molecular formula is C14H21BN4O4. The second-order valence-electron chi connectivity index (χ2n) is 6.13. The molecule has 1 N–H and O–H groups in total. The number of anilines is 1. The van der Waals surface area contributed by atoms with Gasteiger partial charge in [0.15, 0.2) is 6.20 Å². The van der Waals surface area contributed by atoms with E-state index >= 15 is 0 Å². The zero-order chi connectivity index (χ0) is 16.4. The van der Waals surface area contributed by atoms with E-state index in [1.54, 1.807) is 12.9 Å². The SMILES string of the molecule is CB(O)N(C[C@@H]1CN(c2ccc([N+](=O)[O-])nc2)CCO1)C1CC1. The molecule has 0 bridgehead atoms. The van der Waals surface area contributed by atoms with Crippen LogP contribution in [0.5, 0.6) is 0 Å². The van der Waals surface area contributed by atoms with Gasteiger partial charge in [0.25, 0.3) is 0 Å². The predicted octanol–water partition coefficient (Wildman–Crippen LogP) is 0.770. The number of aromatic nitrogens is 1. The summed E-state index contributed by atoms with van der Waals surface area (Å²) in [5, 5.41) is 20.6. The standard InChI is InChI=1S/C14H21BN4O4/c1-15(20)18(11-2-3-11)10-13-9-17(6-7-23-13)12-4-5-14(16-8-12)19(21)22/h4-5,8,11,13,20H,2-3,6-7,9-10H2,1H3/t13-/m0/s1. The van der Waals surface area contributed by atoms with Crippen LogP contribution >= 0.6 is 0 Å². The molecule has 0 radical (unpaired) electrons. The minimum Gasteiger partial charge on any atom is -0.437 e. The second-order valence-corrected chi connectivity index (χ2v) is 6.13. The number of hydrogen-bond acceptors (Lipinski definition) is 7. The molecule has 1 aliphatic heterocycles. The van der Waals surface area contributed by atoms with Crippen LogP contribution in [0.2, 0.25) is 6.82 Å². The van der Waals surface area contributed by atoms with Crippen LogP contribution in [0.4, 0.5) is 11.5 Å². The Balaban J connectivity index is 1.62. The molecule has 1 aliphatic carbocycles. The highest BCUT2D eigenvalue weighted by Gasteiger charge is 2.36. The fraction of sp³-hybridized carbons (Fsp3) is 0.643. The highest BCUT2D eigenvalue weighted by atomic mass is 16.6. The monoisotopic (exact) mass is 320 g/mol. The summed E-state index contributed by atoms with van der Waals surface area (Å²) in [6.45, 7) is 4.50. The molecule has 23 heavy (non-hydrogen) atoms. The van der Waals surface area contributed by atoms with E-state index in [2.05, 4.69) is 14.7 Å². The maximum absolute atomic E-state index is 10.7. The van der Waals surface area contributed by atoms with Crippen molar-refractivity contribution < 1.29 is 14.7 Å². The van der Waals surface area contributed by atoms with E-state index in [-0.39, 0.29) is 11.9 Å². The largest absolute Gasteiger partial charge is 0.437 e. The maximum Gasteiger partial charge on any atom is 0.376 e. The minimum absolute atomic E-state index is 0.00846. The molecule has 0 amide bonds. The number of rotatable bonds is 6. The minimum atomic E-state index is -0.498. The summed E-state index contributed by atoms with van der Waals surface area (Å²) in [4.78, 5) is 18.3. The summed E-state index contributed by atoms with van der Waals surface area (Å²) in [7, 11) is -0.470. The van der Waals surface area contributed by atoms with E-state index in [0.717, 1.165) is 25.1 Å². The molecule has 1 atom stereocenters. The van der Waals surface area contributed by atoms with Gasteiger partial charge in [-0.05, 0) is 35.6 Å². The predicted molar refractivity (Wildman–Crippen MR) is 86.4 cm³/mol. The number of nitro groups is 1. The molecule has 124 valence electrons. The first-order valence-corrected chi connectivity index (χ1v) is 7.95. The van der Waals surface area contributed by atoms with Gasteiger partial charge in [-0.1, -0.05) is 0 Å². The van der Waals surface area contributed by atoms with Crippen LogP contribution in [-0.4, -0.2) is 65.2 Å². The van der Waals surface area contributed by atoms with E-state index in [0.29, 0.717) is 25.7 Å². The lowest BCUT2D eigenvalue weighted by molar-refractivity contribution is -0.389. The first-order chi connectivity index (χ1) is 11.0. The van der Waals surface area contributed by atoms with Crippen LogP contribution in [0.25, 0.3) is 0 Å². The van der Waals surface area contributed by atoms with Gasteiger partial charge in [-0.2, -0.15) is 0 Å². The Bertz CT molecular complexity index is 550. The normalized spacial score (nSPS) is 21.5. The van der Waals surface area contributed by atoms with E-state index in [9.17, 15) is 15.1 Å². The van der Waals surface area contributed by atoms with E-state index in [4.69, 9.17) is 4.74 Å². The smallest absolute Gasteiger partial charge is 0.376 e. The van der Waals surface area contributed by atoms with Crippen molar-refractivity contribution in [2.45, 2.75) is 31.8 Å². The quantitative estimate of drug-likeness (QED) is 0.470. The number of pyridine rings is 1. The third-order valence-corrected chi connectivity index (χ3v) is 4.33. The van der Waals surface area contributed by atoms with Crippen molar-refractivity contribution in [3.8, 4) is 0 Å². The van der Waals surface area contributed by atoms with Crippen molar-refractivity contribution in [1.29, 1.82) is 0 Å². The average Bonchev–Trinajstić information content (AvgIpc) is 3.37. The van der Waals surface area contributed by atoms with Crippen LogP contribution in [0.1, 0.15) is 12.8 Å². The molecule has 1 aromatic heterocycles. The molecule has 9 heteroatoms. The summed E-state index contributed by atoms with van der Waals surface area (Å²) >= 11 is 0. The van der Waals surface area contributed by atoms with Gasteiger partial charge in [0.1, 0.15) is 0 Å². The first kappa shape index (κ1) is 16.2. The van der Waals surface area contributed by atoms with Crippen LogP contribution in [0, 0.1) is 10.1 Å². The highest BCUT2D eigenvalue weighted by Crippen LogP contribution is 2.28. The number of morpholine rings is 1. The Morgan fingerprint density at radius 3 is 2.91 bits per heavy atom. The van der Waals surface area contributed by atoms with Crippen LogP contribution in [-0.2, 0) is 4.74 Å². The van der Waals surface area contributed by atoms with E-state index < -0.39 is 12.0 Å². The molecule has 1 saturated carbocycles. The van der Waals surface area contributed by atoms with Crippen molar-refractivity contribution in [2.24, 2.45) is 0 Å². The van der Waals surface area contributed by atoms with Gasteiger partial charge in [-0.3, -0.25) is 0 Å². The number of ether oxygens (including phenoxy) is 1. The van der Waals surface area contributed by atoms with Crippen molar-refractivity contribution in [1.82, 2.24) is 9.79 Å². The molecule has 2 aliphatic rings. The molecule has 0 spiro atoms. The zero-order valence-electron chi connectivity index (χ0n) is 13.2. The fourth-order valence-electron chi connectivity index (χ4n) is 2.99. The molecule has 2 fully saturated rings. The summed E-state index contributed by atoms with van der Waals surface area (Å²) < 4.78 is 5.83. The van der Waals surface area contributed by atoms with Crippen molar-refractivity contribution >= 4 is 18.6 Å². The van der Waals surface area contributed by atoms with E-state index in [1.807, 2.05) is 0 Å². The van der Waals surface area contributed by atoms with Gasteiger partial charge in [-0.25, -0.2) is 0 Å². The molecule has 0 aromatic carbocycles. The topological polar surface area (TPSA) is 92.0 Å². The summed E-state index contributed by atoms with van der Waals surface area (Å²) in [6, 6.07) is 3.61. The fourth-order valence-corrected chi connectivity index (χ4v) is 2.99. The summed E-state index contributed by atoms with van der Waals surface area (Å²) in [6.07, 6.45) is 3.81. The van der Waals surface area contributed by atoms with Crippen molar-refractivity contribution in [3.63, 3.8) is 0 Å². The first-order valence-electron chi connectivity index (χ1n) is 7.95. The molecule has 1 aromatic rings. The average molecular weight is 320 g/mol. The van der Waals surface area contributed by atoms with Crippen LogP contribution in [0.3, 0.4) is 0 Å². The Morgan fingerprint density at radius 1 is 1.57 bits per heavy atom. The number of hydrogen-bond donors (Lipinski definition) is 1. The number of nitrogens with zero attached hydrogens (tertiary/aromatic N) is 4. The summed E-state index contributed by atoms with van der Waals surface area (Å²) in [5.74, 6) is -0.146. The van der Waals surface area contributed by atoms with Gasteiger partial charge >= 0.3 is 12.9 Å². The molecule has 2 heterocycles. The molecule has 8 nitrogen and oxygen atoms in total. The Morgan fingerprint density at radius 2 is 2.35 bits per heavy atom. The van der Waals surface area contributed by atoms with Crippen LogP contribution < -0.4 is 4.90 Å². The highest BCUT2D eigenvalue weighted by molar-refractivity contribution is 6.45.